The molecule has 0 aliphatic carbocycles. The molecule has 0 bridgehead atoms. The van der Waals surface area contributed by atoms with Gasteiger partial charge >= 0.3 is 6.03 Å². The Labute approximate surface area is 111 Å². The predicted molar refractivity (Wildman–Crippen MR) is 73.1 cm³/mol. The molecule has 0 aliphatic rings. The van der Waals surface area contributed by atoms with E-state index >= 15 is 0 Å². The molecule has 0 saturated carbocycles. The lowest BCUT2D eigenvalue weighted by atomic mass is 10.2. The van der Waals surface area contributed by atoms with E-state index in [4.69, 9.17) is 4.74 Å². The minimum absolute atomic E-state index is 0.268. The molecule has 0 unspecified atom stereocenters. The summed E-state index contributed by atoms with van der Waals surface area (Å²) in [7, 11) is 1.54. The number of pyridine rings is 1. The van der Waals surface area contributed by atoms with Gasteiger partial charge in [-0.15, -0.1) is 0 Å². The number of nitrogens with one attached hydrogen (secondary N) is 2. The Bertz CT molecular complexity index is 526. The molecule has 0 atom stereocenters. The number of carbonyl (C=O) groups excluding carboxylic acids is 1. The number of rotatable bonds is 4. The summed E-state index contributed by atoms with van der Waals surface area (Å²) in [6, 6.07) is 12.9. The zero-order valence-electron chi connectivity index (χ0n) is 10.6. The van der Waals surface area contributed by atoms with Gasteiger partial charge in [-0.3, -0.25) is 0 Å². The summed E-state index contributed by atoms with van der Waals surface area (Å²) in [6.07, 6.45) is 1.54. The number of benzene rings is 1. The van der Waals surface area contributed by atoms with Crippen molar-refractivity contribution in [3.63, 3.8) is 0 Å². The van der Waals surface area contributed by atoms with Crippen molar-refractivity contribution < 1.29 is 9.53 Å². The van der Waals surface area contributed by atoms with Crippen LogP contribution in [0.3, 0.4) is 0 Å². The molecule has 98 valence electrons. The lowest BCUT2D eigenvalue weighted by molar-refractivity contribution is 0.251. The first-order chi connectivity index (χ1) is 9.28. The van der Waals surface area contributed by atoms with Crippen molar-refractivity contribution in [3.05, 3.63) is 54.2 Å². The van der Waals surface area contributed by atoms with Crippen LogP contribution >= 0.6 is 0 Å². The van der Waals surface area contributed by atoms with Crippen molar-refractivity contribution in [2.75, 3.05) is 12.4 Å². The monoisotopic (exact) mass is 257 g/mol. The van der Waals surface area contributed by atoms with E-state index in [0.717, 1.165) is 5.56 Å². The molecule has 5 heteroatoms. The van der Waals surface area contributed by atoms with Crippen LogP contribution in [0.5, 0.6) is 5.88 Å². The number of urea groups is 1. The van der Waals surface area contributed by atoms with Gasteiger partial charge in [-0.25, -0.2) is 9.78 Å². The molecular formula is C14H15N3O2. The third kappa shape index (κ3) is 3.99. The molecule has 0 aliphatic heterocycles. The fraction of sp³-hybridized carbons (Fsp3) is 0.143. The van der Waals surface area contributed by atoms with Gasteiger partial charge < -0.3 is 15.4 Å². The first-order valence-corrected chi connectivity index (χ1v) is 5.87. The SMILES string of the molecule is COc1ccc(NC(=O)NCc2ccccc2)cn1. The number of methoxy groups -OCH3 is 1. The topological polar surface area (TPSA) is 63.2 Å². The van der Waals surface area contributed by atoms with Crippen LogP contribution in [0.1, 0.15) is 5.56 Å². The Balaban J connectivity index is 1.83. The van der Waals surface area contributed by atoms with Crippen molar-refractivity contribution >= 4 is 11.7 Å². The molecule has 0 fully saturated rings. The van der Waals surface area contributed by atoms with E-state index in [1.165, 1.54) is 0 Å². The fourth-order valence-corrected chi connectivity index (χ4v) is 1.53. The Morgan fingerprint density at radius 3 is 2.63 bits per heavy atom. The highest BCUT2D eigenvalue weighted by Gasteiger charge is 2.02. The third-order valence-corrected chi connectivity index (χ3v) is 2.50. The second kappa shape index (κ2) is 6.39. The zero-order chi connectivity index (χ0) is 13.5. The number of hydrogen-bond acceptors (Lipinski definition) is 3. The van der Waals surface area contributed by atoms with Gasteiger partial charge in [0.05, 0.1) is 19.0 Å². The molecule has 5 nitrogen and oxygen atoms in total. The molecule has 2 amide bonds. The maximum Gasteiger partial charge on any atom is 0.319 e. The van der Waals surface area contributed by atoms with Crippen molar-refractivity contribution in [1.29, 1.82) is 0 Å². The van der Waals surface area contributed by atoms with Crippen molar-refractivity contribution in [2.45, 2.75) is 6.54 Å². The van der Waals surface area contributed by atoms with E-state index in [0.29, 0.717) is 18.1 Å². The fourth-order valence-electron chi connectivity index (χ4n) is 1.53. The summed E-state index contributed by atoms with van der Waals surface area (Å²) in [6.45, 7) is 0.482. The van der Waals surface area contributed by atoms with Gasteiger partial charge in [-0.1, -0.05) is 30.3 Å². The lowest BCUT2D eigenvalue weighted by Gasteiger charge is -2.07. The Hall–Kier alpha value is -2.56. The quantitative estimate of drug-likeness (QED) is 0.884. The molecule has 1 heterocycles. The van der Waals surface area contributed by atoms with Crippen LogP contribution in [0.25, 0.3) is 0 Å². The average Bonchev–Trinajstić information content (AvgIpc) is 2.47. The first-order valence-electron chi connectivity index (χ1n) is 5.87. The standard InChI is InChI=1S/C14H15N3O2/c1-19-13-8-7-12(10-15-13)17-14(18)16-9-11-5-3-2-4-6-11/h2-8,10H,9H2,1H3,(H2,16,17,18). The van der Waals surface area contributed by atoms with Crippen molar-refractivity contribution in [2.24, 2.45) is 0 Å². The van der Waals surface area contributed by atoms with E-state index < -0.39 is 0 Å². The normalized spacial score (nSPS) is 9.74. The molecule has 1 aromatic carbocycles. The van der Waals surface area contributed by atoms with Gasteiger partial charge in [0.2, 0.25) is 5.88 Å². The number of hydrogen-bond donors (Lipinski definition) is 2. The van der Waals surface area contributed by atoms with Crippen LogP contribution in [0.4, 0.5) is 10.5 Å². The molecule has 19 heavy (non-hydrogen) atoms. The van der Waals surface area contributed by atoms with E-state index in [-0.39, 0.29) is 6.03 Å². The van der Waals surface area contributed by atoms with Crippen LogP contribution < -0.4 is 15.4 Å². The minimum Gasteiger partial charge on any atom is -0.481 e. The van der Waals surface area contributed by atoms with Crippen LogP contribution in [0.15, 0.2) is 48.7 Å². The van der Waals surface area contributed by atoms with Crippen molar-refractivity contribution in [3.8, 4) is 5.88 Å². The average molecular weight is 257 g/mol. The largest absolute Gasteiger partial charge is 0.481 e. The van der Waals surface area contributed by atoms with E-state index in [1.807, 2.05) is 30.3 Å². The molecule has 0 radical (unpaired) electrons. The number of ether oxygens (including phenoxy) is 1. The van der Waals surface area contributed by atoms with E-state index in [9.17, 15) is 4.79 Å². The van der Waals surface area contributed by atoms with E-state index in [2.05, 4.69) is 15.6 Å². The number of amides is 2. The smallest absolute Gasteiger partial charge is 0.319 e. The van der Waals surface area contributed by atoms with Gasteiger partial charge in [0.25, 0.3) is 0 Å². The summed E-state index contributed by atoms with van der Waals surface area (Å²) < 4.78 is 4.94. The van der Waals surface area contributed by atoms with Gasteiger partial charge in [0, 0.05) is 12.6 Å². The summed E-state index contributed by atoms with van der Waals surface area (Å²) in [4.78, 5) is 15.7. The highest BCUT2D eigenvalue weighted by Crippen LogP contribution is 2.10. The molecule has 2 aromatic rings. The number of anilines is 1. The van der Waals surface area contributed by atoms with Gasteiger partial charge in [-0.05, 0) is 11.6 Å². The lowest BCUT2D eigenvalue weighted by Crippen LogP contribution is -2.28. The number of aromatic nitrogens is 1. The summed E-state index contributed by atoms with van der Waals surface area (Å²) in [5.41, 5.74) is 1.66. The highest BCUT2D eigenvalue weighted by atomic mass is 16.5. The molecule has 0 saturated heterocycles. The van der Waals surface area contributed by atoms with E-state index in [1.54, 1.807) is 25.4 Å². The number of carbonyl (C=O) groups is 1. The van der Waals surface area contributed by atoms with Gasteiger partial charge in [0.15, 0.2) is 0 Å². The second-order valence-electron chi connectivity index (χ2n) is 3.88. The maximum atomic E-state index is 11.7. The Morgan fingerprint density at radius 2 is 2.00 bits per heavy atom. The highest BCUT2D eigenvalue weighted by molar-refractivity contribution is 5.88. The first kappa shape index (κ1) is 12.9. The van der Waals surface area contributed by atoms with Crippen LogP contribution in [-0.2, 0) is 6.54 Å². The van der Waals surface area contributed by atoms with Gasteiger partial charge in [0.1, 0.15) is 0 Å². The summed E-state index contributed by atoms with van der Waals surface area (Å²) in [5.74, 6) is 0.509. The molecule has 2 N–H and O–H groups in total. The third-order valence-electron chi connectivity index (χ3n) is 2.50. The number of nitrogens with zero attached hydrogens (tertiary/aromatic N) is 1. The zero-order valence-corrected chi connectivity index (χ0v) is 10.6. The van der Waals surface area contributed by atoms with Gasteiger partial charge in [-0.2, -0.15) is 0 Å². The predicted octanol–water partition coefficient (Wildman–Crippen LogP) is 2.41. The molecule has 0 spiro atoms. The molecular weight excluding hydrogens is 242 g/mol. The maximum absolute atomic E-state index is 11.7. The summed E-state index contributed by atoms with van der Waals surface area (Å²) in [5, 5.41) is 5.46. The Kier molecular flexibility index (Phi) is 4.34. The second-order valence-corrected chi connectivity index (χ2v) is 3.88. The minimum atomic E-state index is -0.268. The Morgan fingerprint density at radius 1 is 1.21 bits per heavy atom. The van der Waals surface area contributed by atoms with Crippen LogP contribution in [0, 0.1) is 0 Å². The van der Waals surface area contributed by atoms with Crippen molar-refractivity contribution in [1.82, 2.24) is 10.3 Å². The van der Waals surface area contributed by atoms with Crippen LogP contribution in [-0.4, -0.2) is 18.1 Å². The molecule has 1 aromatic heterocycles. The molecule has 2 rings (SSSR count). The van der Waals surface area contributed by atoms with Crippen LogP contribution in [0.2, 0.25) is 0 Å². The summed E-state index contributed by atoms with van der Waals surface area (Å²) >= 11 is 0.